The predicted octanol–water partition coefficient (Wildman–Crippen LogP) is 2.37. The Hall–Kier alpha value is -1.39. The van der Waals surface area contributed by atoms with Crippen LogP contribution >= 0.6 is 0 Å². The van der Waals surface area contributed by atoms with E-state index in [9.17, 15) is 4.79 Å². The normalized spacial score (nSPS) is 19.3. The summed E-state index contributed by atoms with van der Waals surface area (Å²) in [6.07, 6.45) is 4.58. The molecule has 1 atom stereocenters. The summed E-state index contributed by atoms with van der Waals surface area (Å²) in [6, 6.07) is 10.6. The Balaban J connectivity index is 2.00. The third kappa shape index (κ3) is 4.83. The molecule has 1 N–H and O–H groups in total. The van der Waals surface area contributed by atoms with Crippen LogP contribution in [0.2, 0.25) is 0 Å². The Morgan fingerprint density at radius 3 is 2.86 bits per heavy atom. The van der Waals surface area contributed by atoms with Gasteiger partial charge in [0, 0.05) is 20.2 Å². The Labute approximate surface area is 127 Å². The molecular formula is C17H26N2O2. The monoisotopic (exact) mass is 290 g/mol. The molecule has 1 unspecified atom stereocenters. The Morgan fingerprint density at radius 2 is 2.10 bits per heavy atom. The molecule has 0 spiro atoms. The number of hydrogen-bond donors (Lipinski definition) is 1. The second-order valence-electron chi connectivity index (χ2n) is 5.53. The average molecular weight is 290 g/mol. The minimum absolute atomic E-state index is 0.196. The molecule has 1 aliphatic heterocycles. The maximum absolute atomic E-state index is 12.5. The van der Waals surface area contributed by atoms with Gasteiger partial charge in [0.1, 0.15) is 0 Å². The van der Waals surface area contributed by atoms with E-state index in [-0.39, 0.29) is 11.9 Å². The quantitative estimate of drug-likeness (QED) is 0.818. The number of rotatable bonds is 6. The summed E-state index contributed by atoms with van der Waals surface area (Å²) < 4.78 is 4.99. The molecule has 1 heterocycles. The van der Waals surface area contributed by atoms with E-state index in [4.69, 9.17) is 4.74 Å². The van der Waals surface area contributed by atoms with Crippen LogP contribution in [0.3, 0.4) is 0 Å². The fourth-order valence-electron chi connectivity index (χ4n) is 2.90. The number of methoxy groups -OCH3 is 1. The lowest BCUT2D eigenvalue weighted by Gasteiger charge is -2.30. The molecule has 1 aromatic carbocycles. The number of nitrogens with zero attached hydrogens (tertiary/aromatic N) is 1. The number of ether oxygens (including phenoxy) is 1. The van der Waals surface area contributed by atoms with Gasteiger partial charge in [0.25, 0.3) is 0 Å². The van der Waals surface area contributed by atoms with Gasteiger partial charge in [-0.3, -0.25) is 4.79 Å². The highest BCUT2D eigenvalue weighted by Gasteiger charge is 2.26. The molecule has 1 amide bonds. The van der Waals surface area contributed by atoms with E-state index in [0.717, 1.165) is 19.4 Å². The molecule has 4 heteroatoms. The molecule has 1 saturated heterocycles. The number of likely N-dealkylation sites (tertiary alicyclic amines) is 1. The highest BCUT2D eigenvalue weighted by atomic mass is 16.5. The van der Waals surface area contributed by atoms with Crippen molar-refractivity contribution in [1.29, 1.82) is 0 Å². The molecule has 116 valence electrons. The first-order valence-electron chi connectivity index (χ1n) is 7.87. The second-order valence-corrected chi connectivity index (χ2v) is 5.53. The van der Waals surface area contributed by atoms with Crippen molar-refractivity contribution in [3.63, 3.8) is 0 Å². The summed E-state index contributed by atoms with van der Waals surface area (Å²) in [5.74, 6) is 0.196. The highest BCUT2D eigenvalue weighted by Crippen LogP contribution is 2.29. The molecule has 2 rings (SSSR count). The van der Waals surface area contributed by atoms with Gasteiger partial charge in [0.2, 0.25) is 5.91 Å². The van der Waals surface area contributed by atoms with Crippen LogP contribution in [0.15, 0.2) is 30.3 Å². The van der Waals surface area contributed by atoms with Gasteiger partial charge in [0.05, 0.1) is 19.2 Å². The first-order valence-corrected chi connectivity index (χ1v) is 7.87. The zero-order valence-electron chi connectivity index (χ0n) is 12.9. The molecule has 1 aromatic rings. The minimum Gasteiger partial charge on any atom is -0.383 e. The smallest absolute Gasteiger partial charge is 0.237 e. The zero-order chi connectivity index (χ0) is 14.9. The lowest BCUT2D eigenvalue weighted by Crippen LogP contribution is -2.41. The van der Waals surface area contributed by atoms with Gasteiger partial charge in [0.15, 0.2) is 0 Å². The van der Waals surface area contributed by atoms with Crippen LogP contribution in [-0.2, 0) is 9.53 Å². The van der Waals surface area contributed by atoms with Crippen molar-refractivity contribution in [3.8, 4) is 0 Å². The van der Waals surface area contributed by atoms with Crippen LogP contribution in [0.25, 0.3) is 0 Å². The summed E-state index contributed by atoms with van der Waals surface area (Å²) >= 11 is 0. The van der Waals surface area contributed by atoms with E-state index >= 15 is 0 Å². The van der Waals surface area contributed by atoms with Crippen LogP contribution in [0.1, 0.15) is 37.3 Å². The maximum atomic E-state index is 12.5. The van der Waals surface area contributed by atoms with Crippen molar-refractivity contribution < 1.29 is 9.53 Å². The van der Waals surface area contributed by atoms with E-state index in [1.807, 2.05) is 6.07 Å². The number of amides is 1. The minimum atomic E-state index is 0.196. The molecule has 1 aliphatic rings. The maximum Gasteiger partial charge on any atom is 0.237 e. The Bertz CT molecular complexity index is 422. The lowest BCUT2D eigenvalue weighted by atomic mass is 10.0. The molecule has 21 heavy (non-hydrogen) atoms. The summed E-state index contributed by atoms with van der Waals surface area (Å²) in [5.41, 5.74) is 1.25. The van der Waals surface area contributed by atoms with Gasteiger partial charge in [-0.2, -0.15) is 0 Å². The summed E-state index contributed by atoms with van der Waals surface area (Å²) in [5, 5.41) is 3.16. The largest absolute Gasteiger partial charge is 0.383 e. The summed E-state index contributed by atoms with van der Waals surface area (Å²) in [7, 11) is 1.67. The van der Waals surface area contributed by atoms with E-state index in [1.165, 1.54) is 18.4 Å². The van der Waals surface area contributed by atoms with Crippen molar-refractivity contribution in [3.05, 3.63) is 35.9 Å². The van der Waals surface area contributed by atoms with Crippen LogP contribution in [0.4, 0.5) is 0 Å². The first kappa shape index (κ1) is 16.0. The molecule has 0 bridgehead atoms. The molecular weight excluding hydrogens is 264 g/mol. The van der Waals surface area contributed by atoms with Gasteiger partial charge in [-0.1, -0.05) is 43.2 Å². The highest BCUT2D eigenvalue weighted by molar-refractivity contribution is 5.78. The third-order valence-corrected chi connectivity index (χ3v) is 4.02. The van der Waals surface area contributed by atoms with Gasteiger partial charge in [-0.25, -0.2) is 0 Å². The number of nitrogens with one attached hydrogen (secondary N) is 1. The van der Waals surface area contributed by atoms with Gasteiger partial charge in [-0.15, -0.1) is 0 Å². The van der Waals surface area contributed by atoms with Crippen molar-refractivity contribution in [2.24, 2.45) is 0 Å². The van der Waals surface area contributed by atoms with Crippen LogP contribution < -0.4 is 5.32 Å². The number of hydrogen-bond acceptors (Lipinski definition) is 3. The molecule has 0 saturated carbocycles. The fourth-order valence-corrected chi connectivity index (χ4v) is 2.90. The van der Waals surface area contributed by atoms with Crippen molar-refractivity contribution >= 4 is 5.91 Å². The van der Waals surface area contributed by atoms with Crippen molar-refractivity contribution in [1.82, 2.24) is 10.2 Å². The van der Waals surface area contributed by atoms with E-state index in [2.05, 4.69) is 34.5 Å². The van der Waals surface area contributed by atoms with Crippen molar-refractivity contribution in [2.45, 2.75) is 31.7 Å². The van der Waals surface area contributed by atoms with Crippen LogP contribution in [0, 0.1) is 0 Å². The molecule has 0 aromatic heterocycles. The van der Waals surface area contributed by atoms with E-state index < -0.39 is 0 Å². The van der Waals surface area contributed by atoms with Gasteiger partial charge < -0.3 is 15.0 Å². The number of carbonyl (C=O) groups is 1. The Kier molecular flexibility index (Phi) is 6.70. The third-order valence-electron chi connectivity index (χ3n) is 4.02. The lowest BCUT2D eigenvalue weighted by molar-refractivity contribution is -0.132. The van der Waals surface area contributed by atoms with E-state index in [1.54, 1.807) is 7.11 Å². The number of carbonyl (C=O) groups excluding carboxylic acids is 1. The Morgan fingerprint density at radius 1 is 1.29 bits per heavy atom. The summed E-state index contributed by atoms with van der Waals surface area (Å²) in [6.45, 7) is 2.61. The van der Waals surface area contributed by atoms with E-state index in [0.29, 0.717) is 19.7 Å². The van der Waals surface area contributed by atoms with Crippen molar-refractivity contribution in [2.75, 3.05) is 33.4 Å². The standard InChI is InChI=1S/C17H26N2O2/c1-21-13-11-18-14-17(20)19-12-7-3-6-10-16(19)15-8-4-2-5-9-15/h2,4-5,8-9,16,18H,3,6-7,10-14H2,1H3. The topological polar surface area (TPSA) is 41.6 Å². The number of benzene rings is 1. The molecule has 4 nitrogen and oxygen atoms in total. The van der Waals surface area contributed by atoms with Gasteiger partial charge >= 0.3 is 0 Å². The fraction of sp³-hybridized carbons (Fsp3) is 0.588. The van der Waals surface area contributed by atoms with Crippen LogP contribution in [0.5, 0.6) is 0 Å². The predicted molar refractivity (Wildman–Crippen MR) is 84.1 cm³/mol. The molecule has 0 radical (unpaired) electrons. The molecule has 0 aliphatic carbocycles. The first-order chi connectivity index (χ1) is 10.3. The van der Waals surface area contributed by atoms with Crippen LogP contribution in [-0.4, -0.2) is 44.2 Å². The summed E-state index contributed by atoms with van der Waals surface area (Å²) in [4.78, 5) is 14.6. The average Bonchev–Trinajstić information content (AvgIpc) is 2.78. The zero-order valence-corrected chi connectivity index (χ0v) is 12.9. The SMILES string of the molecule is COCCNCC(=O)N1CCCCCC1c1ccccc1. The van der Waals surface area contributed by atoms with Gasteiger partial charge in [-0.05, 0) is 18.4 Å². The molecule has 1 fully saturated rings. The second kappa shape index (κ2) is 8.80.